The quantitative estimate of drug-likeness (QED) is 0.558. The third kappa shape index (κ3) is 1.17. The van der Waals surface area contributed by atoms with Gasteiger partial charge in [0.1, 0.15) is 0 Å². The molecular weight excluding hydrogens is 136 g/mol. The highest BCUT2D eigenvalue weighted by Gasteiger charge is 2.25. The number of hydrogen-bond acceptors (Lipinski definition) is 2. The van der Waals surface area contributed by atoms with Crippen LogP contribution in [-0.2, 0) is 0 Å². The molecule has 2 aliphatic rings. The molecule has 1 aliphatic heterocycles. The number of nitrogens with zero attached hydrogens (tertiary/aromatic N) is 1. The van der Waals surface area contributed by atoms with E-state index in [4.69, 9.17) is 0 Å². The predicted molar refractivity (Wildman–Crippen MR) is 46.5 cm³/mol. The Hall–Kier alpha value is -0.790. The standard InChI is InChI=1S/C9H14N2/c1-7-3-2-4-8-9(7)11-6-5-10-8/h5-8,10H,2-4H2,1H3. The van der Waals surface area contributed by atoms with Crippen LogP contribution in [0.4, 0.5) is 0 Å². The minimum atomic E-state index is 0.545. The normalized spacial score (nSPS) is 35.5. The molecule has 2 rings (SSSR count). The Morgan fingerprint density at radius 2 is 2.45 bits per heavy atom. The van der Waals surface area contributed by atoms with Gasteiger partial charge < -0.3 is 5.32 Å². The molecule has 11 heavy (non-hydrogen) atoms. The molecule has 0 radical (unpaired) electrons. The molecule has 0 spiro atoms. The van der Waals surface area contributed by atoms with Gasteiger partial charge in [-0.3, -0.25) is 4.99 Å². The number of hydrogen-bond donors (Lipinski definition) is 1. The van der Waals surface area contributed by atoms with Gasteiger partial charge in [0.25, 0.3) is 0 Å². The zero-order valence-corrected chi connectivity index (χ0v) is 6.88. The number of fused-ring (bicyclic) bond motifs is 1. The third-order valence-corrected chi connectivity index (χ3v) is 2.59. The van der Waals surface area contributed by atoms with Crippen molar-refractivity contribution in [1.82, 2.24) is 5.32 Å². The summed E-state index contributed by atoms with van der Waals surface area (Å²) in [6.45, 7) is 2.27. The average Bonchev–Trinajstić information content (AvgIpc) is 2.06. The summed E-state index contributed by atoms with van der Waals surface area (Å²) in [5.74, 6) is 0.686. The first-order valence-electron chi connectivity index (χ1n) is 4.36. The Morgan fingerprint density at radius 1 is 1.55 bits per heavy atom. The molecule has 0 bridgehead atoms. The van der Waals surface area contributed by atoms with Crippen LogP contribution in [0.25, 0.3) is 0 Å². The average molecular weight is 150 g/mol. The summed E-state index contributed by atoms with van der Waals surface area (Å²) in [6.07, 6.45) is 7.73. The van der Waals surface area contributed by atoms with Gasteiger partial charge in [0.05, 0.1) is 6.04 Å². The molecule has 0 aromatic heterocycles. The number of rotatable bonds is 0. The second-order valence-electron chi connectivity index (χ2n) is 3.42. The largest absolute Gasteiger partial charge is 0.382 e. The van der Waals surface area contributed by atoms with Crippen LogP contribution < -0.4 is 5.32 Å². The molecule has 2 heteroatoms. The fraction of sp³-hybridized carbons (Fsp3) is 0.667. The van der Waals surface area contributed by atoms with Gasteiger partial charge in [-0.15, -0.1) is 0 Å². The van der Waals surface area contributed by atoms with Crippen molar-refractivity contribution in [1.29, 1.82) is 0 Å². The molecule has 1 fully saturated rings. The van der Waals surface area contributed by atoms with Gasteiger partial charge in [-0.05, 0) is 18.8 Å². The van der Waals surface area contributed by atoms with Crippen LogP contribution in [0.3, 0.4) is 0 Å². The van der Waals surface area contributed by atoms with E-state index < -0.39 is 0 Å². The Bertz CT molecular complexity index is 206. The van der Waals surface area contributed by atoms with Crippen LogP contribution in [0.1, 0.15) is 26.2 Å². The van der Waals surface area contributed by atoms with E-state index >= 15 is 0 Å². The van der Waals surface area contributed by atoms with Gasteiger partial charge in [0.15, 0.2) is 0 Å². The monoisotopic (exact) mass is 150 g/mol. The highest BCUT2D eigenvalue weighted by Crippen LogP contribution is 2.23. The van der Waals surface area contributed by atoms with E-state index in [1.165, 1.54) is 25.0 Å². The van der Waals surface area contributed by atoms with Crippen LogP contribution in [-0.4, -0.2) is 11.8 Å². The van der Waals surface area contributed by atoms with Crippen molar-refractivity contribution in [2.75, 3.05) is 0 Å². The Labute approximate surface area is 67.4 Å². The first-order valence-corrected chi connectivity index (χ1v) is 4.36. The number of nitrogens with one attached hydrogen (secondary N) is 1. The smallest absolute Gasteiger partial charge is 0.0643 e. The number of aliphatic imine (C=N–C) groups is 1. The van der Waals surface area contributed by atoms with Crippen molar-refractivity contribution in [3.63, 3.8) is 0 Å². The molecular formula is C9H14N2. The Balaban J connectivity index is 2.20. The molecule has 0 amide bonds. The maximum Gasteiger partial charge on any atom is 0.0643 e. The maximum atomic E-state index is 4.41. The summed E-state index contributed by atoms with van der Waals surface area (Å²) < 4.78 is 0. The lowest BCUT2D eigenvalue weighted by Gasteiger charge is -2.30. The SMILES string of the molecule is CC1CCCC2NC=CN=C12. The summed E-state index contributed by atoms with van der Waals surface area (Å²) in [4.78, 5) is 4.41. The van der Waals surface area contributed by atoms with E-state index in [1.54, 1.807) is 0 Å². The summed E-state index contributed by atoms with van der Waals surface area (Å²) in [5.41, 5.74) is 1.36. The lowest BCUT2D eigenvalue weighted by atomic mass is 9.84. The van der Waals surface area contributed by atoms with E-state index in [0.29, 0.717) is 12.0 Å². The fourth-order valence-electron chi connectivity index (χ4n) is 1.94. The molecule has 1 N–H and O–H groups in total. The van der Waals surface area contributed by atoms with Crippen LogP contribution in [0.15, 0.2) is 17.4 Å². The van der Waals surface area contributed by atoms with Gasteiger partial charge in [0, 0.05) is 18.1 Å². The second-order valence-corrected chi connectivity index (χ2v) is 3.42. The van der Waals surface area contributed by atoms with Gasteiger partial charge in [-0.2, -0.15) is 0 Å². The van der Waals surface area contributed by atoms with Crippen molar-refractivity contribution < 1.29 is 0 Å². The molecule has 2 atom stereocenters. The van der Waals surface area contributed by atoms with E-state index in [-0.39, 0.29) is 0 Å². The highest BCUT2D eigenvalue weighted by atomic mass is 15.0. The molecule has 1 aliphatic carbocycles. The molecule has 0 aromatic rings. The highest BCUT2D eigenvalue weighted by molar-refractivity contribution is 5.93. The topological polar surface area (TPSA) is 24.4 Å². The summed E-state index contributed by atoms with van der Waals surface area (Å²) in [6, 6.07) is 0.545. The van der Waals surface area contributed by atoms with Crippen LogP contribution in [0, 0.1) is 5.92 Å². The van der Waals surface area contributed by atoms with Gasteiger partial charge in [-0.25, -0.2) is 0 Å². The van der Waals surface area contributed by atoms with Crippen LogP contribution in [0.5, 0.6) is 0 Å². The fourth-order valence-corrected chi connectivity index (χ4v) is 1.94. The van der Waals surface area contributed by atoms with Crippen molar-refractivity contribution in [2.45, 2.75) is 32.2 Å². The van der Waals surface area contributed by atoms with Crippen LogP contribution in [0.2, 0.25) is 0 Å². The molecule has 60 valence electrons. The first kappa shape index (κ1) is 6.89. The van der Waals surface area contributed by atoms with Crippen LogP contribution >= 0.6 is 0 Å². The molecule has 0 aromatic carbocycles. The molecule has 1 heterocycles. The summed E-state index contributed by atoms with van der Waals surface area (Å²) in [7, 11) is 0. The minimum absolute atomic E-state index is 0.545. The summed E-state index contributed by atoms with van der Waals surface area (Å²) >= 11 is 0. The van der Waals surface area contributed by atoms with Crippen molar-refractivity contribution in [3.05, 3.63) is 12.4 Å². The lowest BCUT2D eigenvalue weighted by molar-refractivity contribution is 0.490. The third-order valence-electron chi connectivity index (χ3n) is 2.59. The Kier molecular flexibility index (Phi) is 1.68. The first-order chi connectivity index (χ1) is 5.38. The van der Waals surface area contributed by atoms with Crippen molar-refractivity contribution in [2.24, 2.45) is 10.9 Å². The zero-order valence-electron chi connectivity index (χ0n) is 6.88. The lowest BCUT2D eigenvalue weighted by Crippen LogP contribution is -2.41. The van der Waals surface area contributed by atoms with E-state index in [1.807, 2.05) is 12.4 Å². The molecule has 2 unspecified atom stereocenters. The summed E-state index contributed by atoms with van der Waals surface area (Å²) in [5, 5.41) is 3.34. The van der Waals surface area contributed by atoms with Crippen molar-refractivity contribution >= 4 is 5.71 Å². The van der Waals surface area contributed by atoms with E-state index in [0.717, 1.165) is 0 Å². The van der Waals surface area contributed by atoms with Gasteiger partial charge >= 0.3 is 0 Å². The maximum absolute atomic E-state index is 4.41. The predicted octanol–water partition coefficient (Wildman–Crippen LogP) is 1.69. The zero-order chi connectivity index (χ0) is 7.68. The van der Waals surface area contributed by atoms with Crippen molar-refractivity contribution in [3.8, 4) is 0 Å². The molecule has 1 saturated carbocycles. The van der Waals surface area contributed by atoms with E-state index in [2.05, 4.69) is 17.2 Å². The van der Waals surface area contributed by atoms with E-state index in [9.17, 15) is 0 Å². The molecule has 0 saturated heterocycles. The van der Waals surface area contributed by atoms with Gasteiger partial charge in [-0.1, -0.05) is 13.3 Å². The minimum Gasteiger partial charge on any atom is -0.382 e. The molecule has 2 nitrogen and oxygen atoms in total. The second kappa shape index (κ2) is 2.68. The Morgan fingerprint density at radius 3 is 3.27 bits per heavy atom. The van der Waals surface area contributed by atoms with Gasteiger partial charge in [0.2, 0.25) is 0 Å².